The van der Waals surface area contributed by atoms with E-state index < -0.39 is 4.92 Å². The molecule has 1 amide bonds. The van der Waals surface area contributed by atoms with Crippen LogP contribution in [0.2, 0.25) is 0 Å². The zero-order valence-electron chi connectivity index (χ0n) is 10.1. The third kappa shape index (κ3) is 2.21. The molecule has 1 saturated heterocycles. The molecule has 0 saturated carbocycles. The van der Waals surface area contributed by atoms with Crippen LogP contribution in [0.5, 0.6) is 0 Å². The van der Waals surface area contributed by atoms with Gasteiger partial charge < -0.3 is 14.6 Å². The van der Waals surface area contributed by atoms with Crippen molar-refractivity contribution in [3.63, 3.8) is 0 Å². The first-order valence-electron chi connectivity index (χ1n) is 5.73. The van der Waals surface area contributed by atoms with Crippen LogP contribution in [0.25, 0.3) is 0 Å². The number of carbonyl (C=O) groups is 1. The van der Waals surface area contributed by atoms with E-state index in [4.69, 9.17) is 5.11 Å². The Bertz CT molecular complexity index is 483. The molecule has 1 N–H and O–H groups in total. The second-order valence-electron chi connectivity index (χ2n) is 4.54. The van der Waals surface area contributed by atoms with Crippen LogP contribution < -0.4 is 0 Å². The highest BCUT2D eigenvalue weighted by Crippen LogP contribution is 2.21. The Balaban J connectivity index is 2.16. The second kappa shape index (κ2) is 4.77. The molecule has 2 heterocycles. The molecule has 2 rings (SSSR count). The van der Waals surface area contributed by atoms with Gasteiger partial charge in [-0.25, -0.2) is 0 Å². The number of aryl methyl sites for hydroxylation is 1. The minimum absolute atomic E-state index is 0.0665. The van der Waals surface area contributed by atoms with Gasteiger partial charge in [-0.3, -0.25) is 14.9 Å². The van der Waals surface area contributed by atoms with Gasteiger partial charge in [0, 0.05) is 38.7 Å². The van der Waals surface area contributed by atoms with Crippen LogP contribution in [-0.2, 0) is 7.05 Å². The Morgan fingerprint density at radius 2 is 2.39 bits per heavy atom. The fraction of sp³-hybridized carbons (Fsp3) is 0.545. The topological polar surface area (TPSA) is 88.6 Å². The van der Waals surface area contributed by atoms with Gasteiger partial charge in [0.15, 0.2) is 0 Å². The molecule has 0 radical (unpaired) electrons. The number of likely N-dealkylation sites (tertiary alicyclic amines) is 1. The molecule has 0 spiro atoms. The zero-order valence-corrected chi connectivity index (χ0v) is 10.1. The SMILES string of the molecule is Cn1cc([N+](=O)[O-])cc1C(=O)N1CCC(CO)C1. The lowest BCUT2D eigenvalue weighted by Gasteiger charge is -2.16. The van der Waals surface area contributed by atoms with E-state index in [2.05, 4.69) is 0 Å². The lowest BCUT2D eigenvalue weighted by Crippen LogP contribution is -2.30. The van der Waals surface area contributed by atoms with Gasteiger partial charge in [-0.2, -0.15) is 0 Å². The van der Waals surface area contributed by atoms with E-state index in [1.165, 1.54) is 16.8 Å². The number of amides is 1. The molecule has 1 aliphatic heterocycles. The molecular formula is C11H15N3O4. The summed E-state index contributed by atoms with van der Waals surface area (Å²) >= 11 is 0. The standard InChI is InChI=1S/C11H15N3O4/c1-12-6-9(14(17)18)4-10(12)11(16)13-3-2-8(5-13)7-15/h4,6,8,15H,2-3,5,7H2,1H3. The Hall–Kier alpha value is -1.89. The van der Waals surface area contributed by atoms with E-state index in [1.54, 1.807) is 11.9 Å². The molecule has 7 nitrogen and oxygen atoms in total. The van der Waals surface area contributed by atoms with Crippen LogP contribution in [0, 0.1) is 16.0 Å². The molecule has 0 aliphatic carbocycles. The van der Waals surface area contributed by atoms with Gasteiger partial charge in [0.2, 0.25) is 0 Å². The highest BCUT2D eigenvalue weighted by atomic mass is 16.6. The number of hydrogen-bond donors (Lipinski definition) is 1. The van der Waals surface area contributed by atoms with Crippen molar-refractivity contribution in [2.45, 2.75) is 6.42 Å². The van der Waals surface area contributed by atoms with Gasteiger partial charge in [-0.05, 0) is 6.42 Å². The Morgan fingerprint density at radius 3 is 2.89 bits per heavy atom. The van der Waals surface area contributed by atoms with Crippen molar-refractivity contribution in [1.82, 2.24) is 9.47 Å². The molecule has 98 valence electrons. The summed E-state index contributed by atoms with van der Waals surface area (Å²) < 4.78 is 1.47. The first kappa shape index (κ1) is 12.6. The molecule has 18 heavy (non-hydrogen) atoms. The fourth-order valence-corrected chi connectivity index (χ4v) is 2.19. The average Bonchev–Trinajstić information content (AvgIpc) is 2.94. The smallest absolute Gasteiger partial charge is 0.287 e. The average molecular weight is 253 g/mol. The van der Waals surface area contributed by atoms with Crippen LogP contribution >= 0.6 is 0 Å². The highest BCUT2D eigenvalue weighted by molar-refractivity contribution is 5.93. The van der Waals surface area contributed by atoms with E-state index in [0.29, 0.717) is 18.8 Å². The molecule has 1 aromatic rings. The number of hydrogen-bond acceptors (Lipinski definition) is 4. The van der Waals surface area contributed by atoms with Gasteiger partial charge in [-0.15, -0.1) is 0 Å². The van der Waals surface area contributed by atoms with Crippen molar-refractivity contribution in [2.24, 2.45) is 13.0 Å². The number of nitrogens with zero attached hydrogens (tertiary/aromatic N) is 3. The van der Waals surface area contributed by atoms with E-state index in [1.807, 2.05) is 0 Å². The minimum atomic E-state index is -0.517. The Morgan fingerprint density at radius 1 is 1.67 bits per heavy atom. The molecule has 1 aromatic heterocycles. The van der Waals surface area contributed by atoms with Gasteiger partial charge in [0.05, 0.1) is 11.1 Å². The Labute approximate surface area is 104 Å². The first-order valence-corrected chi connectivity index (χ1v) is 5.73. The number of aliphatic hydroxyl groups excluding tert-OH is 1. The number of aromatic nitrogens is 1. The van der Waals surface area contributed by atoms with E-state index >= 15 is 0 Å². The predicted octanol–water partition coefficient (Wildman–Crippen LogP) is 0.388. The molecule has 0 aromatic carbocycles. The van der Waals surface area contributed by atoms with Crippen LogP contribution in [0.1, 0.15) is 16.9 Å². The van der Waals surface area contributed by atoms with E-state index in [-0.39, 0.29) is 24.1 Å². The normalized spacial score (nSPS) is 19.2. The maximum atomic E-state index is 12.2. The van der Waals surface area contributed by atoms with Crippen LogP contribution in [0.3, 0.4) is 0 Å². The number of carbonyl (C=O) groups excluding carboxylic acids is 1. The fourth-order valence-electron chi connectivity index (χ4n) is 2.19. The Kier molecular flexibility index (Phi) is 3.33. The molecule has 1 atom stereocenters. The zero-order chi connectivity index (χ0) is 13.3. The summed E-state index contributed by atoms with van der Waals surface area (Å²) in [5, 5.41) is 19.7. The maximum absolute atomic E-state index is 12.2. The van der Waals surface area contributed by atoms with E-state index in [0.717, 1.165) is 6.42 Å². The summed E-state index contributed by atoms with van der Waals surface area (Å²) in [5.74, 6) is -0.106. The first-order chi connectivity index (χ1) is 8.52. The minimum Gasteiger partial charge on any atom is -0.396 e. The van der Waals surface area contributed by atoms with E-state index in [9.17, 15) is 14.9 Å². The predicted molar refractivity (Wildman–Crippen MR) is 63.2 cm³/mol. The molecule has 1 fully saturated rings. The van der Waals surface area contributed by atoms with Crippen LogP contribution in [0.4, 0.5) is 5.69 Å². The van der Waals surface area contributed by atoms with Crippen molar-refractivity contribution < 1.29 is 14.8 Å². The highest BCUT2D eigenvalue weighted by Gasteiger charge is 2.28. The summed E-state index contributed by atoms with van der Waals surface area (Å²) in [4.78, 5) is 23.9. The van der Waals surface area contributed by atoms with Crippen molar-refractivity contribution in [3.05, 3.63) is 28.1 Å². The van der Waals surface area contributed by atoms with Crippen molar-refractivity contribution >= 4 is 11.6 Å². The number of rotatable bonds is 3. The maximum Gasteiger partial charge on any atom is 0.287 e. The van der Waals surface area contributed by atoms with Crippen molar-refractivity contribution in [2.75, 3.05) is 19.7 Å². The lowest BCUT2D eigenvalue weighted by molar-refractivity contribution is -0.384. The van der Waals surface area contributed by atoms with Crippen molar-refractivity contribution in [1.29, 1.82) is 0 Å². The molecule has 7 heteroatoms. The van der Waals surface area contributed by atoms with Crippen LogP contribution in [-0.4, -0.2) is 45.1 Å². The molecular weight excluding hydrogens is 238 g/mol. The molecule has 1 unspecified atom stereocenters. The molecule has 0 bridgehead atoms. The van der Waals surface area contributed by atoms with Gasteiger partial charge in [0.1, 0.15) is 5.69 Å². The third-order valence-electron chi connectivity index (χ3n) is 3.25. The third-order valence-corrected chi connectivity index (χ3v) is 3.25. The van der Waals surface area contributed by atoms with Gasteiger partial charge in [-0.1, -0.05) is 0 Å². The summed E-state index contributed by atoms with van der Waals surface area (Å²) in [5.41, 5.74) is 0.221. The monoisotopic (exact) mass is 253 g/mol. The van der Waals surface area contributed by atoms with Crippen molar-refractivity contribution in [3.8, 4) is 0 Å². The van der Waals surface area contributed by atoms with Gasteiger partial charge >= 0.3 is 0 Å². The number of aliphatic hydroxyl groups is 1. The summed E-state index contributed by atoms with van der Waals surface area (Å²) in [6.07, 6.45) is 2.10. The van der Waals surface area contributed by atoms with Gasteiger partial charge in [0.25, 0.3) is 11.6 Å². The van der Waals surface area contributed by atoms with Crippen LogP contribution in [0.15, 0.2) is 12.3 Å². The lowest BCUT2D eigenvalue weighted by atomic mass is 10.1. The molecule has 1 aliphatic rings. The largest absolute Gasteiger partial charge is 0.396 e. The quantitative estimate of drug-likeness (QED) is 0.623. The number of nitro groups is 1. The summed E-state index contributed by atoms with van der Waals surface area (Å²) in [7, 11) is 1.61. The second-order valence-corrected chi connectivity index (χ2v) is 4.54. The summed E-state index contributed by atoms with van der Waals surface area (Å²) in [6.45, 7) is 1.16. The summed E-state index contributed by atoms with van der Waals surface area (Å²) in [6, 6.07) is 1.29.